The molecule has 0 unspecified atom stereocenters. The maximum absolute atomic E-state index is 10.2. The van der Waals surface area contributed by atoms with Gasteiger partial charge >= 0.3 is 0 Å². The Kier molecular flexibility index (Phi) is 4.91. The number of allylic oxidation sites excluding steroid dienone is 2. The van der Waals surface area contributed by atoms with Crippen LogP contribution in [0.5, 0.6) is 0 Å². The maximum Gasteiger partial charge on any atom is 0.145 e. The first kappa shape index (κ1) is 9.41. The first-order valence-corrected chi connectivity index (χ1v) is 3.84. The van der Waals surface area contributed by atoms with E-state index in [0.717, 1.165) is 11.9 Å². The van der Waals surface area contributed by atoms with Gasteiger partial charge in [0.15, 0.2) is 0 Å². The van der Waals surface area contributed by atoms with Crippen LogP contribution in [-0.2, 0) is 4.79 Å². The Morgan fingerprint density at radius 3 is 2.60 bits per heavy atom. The topological polar surface area (TPSA) is 17.1 Å². The molecule has 0 aromatic heterocycles. The molecular weight excluding hydrogens is 124 g/mol. The van der Waals surface area contributed by atoms with Crippen molar-refractivity contribution >= 4 is 6.29 Å². The molecule has 1 nitrogen and oxygen atoms in total. The third-order valence-electron chi connectivity index (χ3n) is 1.48. The molecule has 1 atom stereocenters. The lowest BCUT2D eigenvalue weighted by Crippen LogP contribution is -1.90. The minimum Gasteiger partial charge on any atom is -0.298 e. The van der Waals surface area contributed by atoms with Crippen LogP contribution in [-0.4, -0.2) is 6.29 Å². The summed E-state index contributed by atoms with van der Waals surface area (Å²) in [6, 6.07) is 0. The SMILES string of the molecule is CCC[C@@H](C)/C=C(\C)C=O. The summed E-state index contributed by atoms with van der Waals surface area (Å²) in [5.41, 5.74) is 0.848. The van der Waals surface area contributed by atoms with Crippen molar-refractivity contribution in [1.82, 2.24) is 0 Å². The average Bonchev–Trinajstić information content (AvgIpc) is 1.88. The second-order valence-corrected chi connectivity index (χ2v) is 2.79. The predicted molar refractivity (Wildman–Crippen MR) is 43.9 cm³/mol. The largest absolute Gasteiger partial charge is 0.298 e. The Morgan fingerprint density at radius 2 is 2.20 bits per heavy atom. The Morgan fingerprint density at radius 1 is 1.60 bits per heavy atom. The molecule has 0 radical (unpaired) electrons. The summed E-state index contributed by atoms with van der Waals surface area (Å²) in [6.45, 7) is 6.14. The van der Waals surface area contributed by atoms with Crippen LogP contribution in [0.4, 0.5) is 0 Å². The van der Waals surface area contributed by atoms with Gasteiger partial charge in [0.2, 0.25) is 0 Å². The van der Waals surface area contributed by atoms with Crippen LogP contribution >= 0.6 is 0 Å². The monoisotopic (exact) mass is 140 g/mol. The zero-order valence-corrected chi connectivity index (χ0v) is 7.05. The van der Waals surface area contributed by atoms with Gasteiger partial charge in [-0.1, -0.05) is 26.3 Å². The average molecular weight is 140 g/mol. The van der Waals surface area contributed by atoms with E-state index in [1.807, 2.05) is 13.0 Å². The molecule has 58 valence electrons. The molecule has 0 aromatic rings. The first-order valence-electron chi connectivity index (χ1n) is 3.84. The summed E-state index contributed by atoms with van der Waals surface area (Å²) < 4.78 is 0. The number of aldehydes is 1. The number of carbonyl (C=O) groups is 1. The standard InChI is InChI=1S/C9H16O/c1-4-5-8(2)6-9(3)7-10/h6-8H,4-5H2,1-3H3/b9-6+/t8-/m1/s1. The molecule has 0 saturated heterocycles. The van der Waals surface area contributed by atoms with Crippen LogP contribution in [0.15, 0.2) is 11.6 Å². The van der Waals surface area contributed by atoms with E-state index in [4.69, 9.17) is 0 Å². The molecule has 0 aliphatic carbocycles. The molecule has 0 heterocycles. The third-order valence-corrected chi connectivity index (χ3v) is 1.48. The lowest BCUT2D eigenvalue weighted by molar-refractivity contribution is -0.104. The van der Waals surface area contributed by atoms with Crippen molar-refractivity contribution in [3.63, 3.8) is 0 Å². The van der Waals surface area contributed by atoms with E-state index < -0.39 is 0 Å². The van der Waals surface area contributed by atoms with Crippen molar-refractivity contribution < 1.29 is 4.79 Å². The summed E-state index contributed by atoms with van der Waals surface area (Å²) in [7, 11) is 0. The van der Waals surface area contributed by atoms with Crippen LogP contribution in [0.2, 0.25) is 0 Å². The Balaban J connectivity index is 3.73. The summed E-state index contributed by atoms with van der Waals surface area (Å²) >= 11 is 0. The van der Waals surface area contributed by atoms with Crippen LogP contribution in [0.1, 0.15) is 33.6 Å². The van der Waals surface area contributed by atoms with Gasteiger partial charge < -0.3 is 0 Å². The van der Waals surface area contributed by atoms with Crippen molar-refractivity contribution in [3.05, 3.63) is 11.6 Å². The molecule has 0 aliphatic rings. The lowest BCUT2D eigenvalue weighted by atomic mass is 10.0. The van der Waals surface area contributed by atoms with Gasteiger partial charge in [0.05, 0.1) is 0 Å². The second-order valence-electron chi connectivity index (χ2n) is 2.79. The lowest BCUT2D eigenvalue weighted by Gasteiger charge is -2.02. The minimum absolute atomic E-state index is 0.551. The Bertz CT molecular complexity index is 125. The Labute approximate surface area is 63.1 Å². The van der Waals surface area contributed by atoms with Gasteiger partial charge in [-0.2, -0.15) is 0 Å². The predicted octanol–water partition coefficient (Wildman–Crippen LogP) is 2.57. The molecule has 0 amide bonds. The quantitative estimate of drug-likeness (QED) is 0.433. The van der Waals surface area contributed by atoms with Gasteiger partial charge in [0.25, 0.3) is 0 Å². The van der Waals surface area contributed by atoms with Crippen molar-refractivity contribution in [1.29, 1.82) is 0 Å². The van der Waals surface area contributed by atoms with E-state index in [2.05, 4.69) is 13.8 Å². The van der Waals surface area contributed by atoms with Crippen LogP contribution < -0.4 is 0 Å². The van der Waals surface area contributed by atoms with Gasteiger partial charge in [0, 0.05) is 0 Å². The fourth-order valence-corrected chi connectivity index (χ4v) is 1.03. The van der Waals surface area contributed by atoms with Gasteiger partial charge in [-0.25, -0.2) is 0 Å². The summed E-state index contributed by atoms with van der Waals surface area (Å²) in [4.78, 5) is 10.2. The van der Waals surface area contributed by atoms with Crippen molar-refractivity contribution in [2.45, 2.75) is 33.6 Å². The van der Waals surface area contributed by atoms with E-state index >= 15 is 0 Å². The molecule has 10 heavy (non-hydrogen) atoms. The number of hydrogen-bond donors (Lipinski definition) is 0. The smallest absolute Gasteiger partial charge is 0.145 e. The highest BCUT2D eigenvalue weighted by atomic mass is 16.1. The molecule has 0 aromatic carbocycles. The summed E-state index contributed by atoms with van der Waals surface area (Å²) in [6.07, 6.45) is 5.29. The van der Waals surface area contributed by atoms with E-state index in [0.29, 0.717) is 5.92 Å². The van der Waals surface area contributed by atoms with Crippen LogP contribution in [0.25, 0.3) is 0 Å². The molecule has 0 spiro atoms. The number of carbonyl (C=O) groups excluding carboxylic acids is 1. The van der Waals surface area contributed by atoms with Crippen molar-refractivity contribution in [3.8, 4) is 0 Å². The summed E-state index contributed by atoms with van der Waals surface area (Å²) in [5, 5.41) is 0. The van der Waals surface area contributed by atoms with Crippen molar-refractivity contribution in [2.75, 3.05) is 0 Å². The molecule has 0 saturated carbocycles. The number of rotatable bonds is 4. The third kappa shape index (κ3) is 4.30. The molecular formula is C9H16O. The maximum atomic E-state index is 10.2. The second kappa shape index (κ2) is 5.21. The normalized spacial score (nSPS) is 14.9. The van der Waals surface area contributed by atoms with Gasteiger partial charge in [-0.15, -0.1) is 0 Å². The van der Waals surface area contributed by atoms with Crippen LogP contribution in [0.3, 0.4) is 0 Å². The molecule has 0 fully saturated rings. The molecule has 1 heteroatoms. The highest BCUT2D eigenvalue weighted by molar-refractivity contribution is 5.72. The summed E-state index contributed by atoms with van der Waals surface area (Å²) in [5.74, 6) is 0.551. The number of hydrogen-bond acceptors (Lipinski definition) is 1. The van der Waals surface area contributed by atoms with Crippen LogP contribution in [0, 0.1) is 5.92 Å². The Hall–Kier alpha value is -0.590. The molecule has 0 N–H and O–H groups in total. The fraction of sp³-hybridized carbons (Fsp3) is 0.667. The molecule has 0 bridgehead atoms. The fourth-order valence-electron chi connectivity index (χ4n) is 1.03. The zero-order valence-electron chi connectivity index (χ0n) is 7.05. The molecule has 0 rings (SSSR count). The van der Waals surface area contributed by atoms with E-state index in [9.17, 15) is 4.79 Å². The van der Waals surface area contributed by atoms with Gasteiger partial charge in [-0.3, -0.25) is 4.79 Å². The minimum atomic E-state index is 0.551. The van der Waals surface area contributed by atoms with Crippen molar-refractivity contribution in [2.24, 2.45) is 5.92 Å². The van der Waals surface area contributed by atoms with E-state index in [1.165, 1.54) is 12.8 Å². The highest BCUT2D eigenvalue weighted by Crippen LogP contribution is 2.07. The zero-order chi connectivity index (χ0) is 7.98. The van der Waals surface area contributed by atoms with Gasteiger partial charge in [0.1, 0.15) is 6.29 Å². The van der Waals surface area contributed by atoms with E-state index in [-0.39, 0.29) is 0 Å². The highest BCUT2D eigenvalue weighted by Gasteiger charge is 1.95. The van der Waals surface area contributed by atoms with E-state index in [1.54, 1.807) is 0 Å². The first-order chi connectivity index (χ1) is 4.70. The van der Waals surface area contributed by atoms with Gasteiger partial charge in [-0.05, 0) is 24.8 Å². The molecule has 0 aliphatic heterocycles.